The van der Waals surface area contributed by atoms with Crippen molar-refractivity contribution in [2.24, 2.45) is 5.92 Å². The summed E-state index contributed by atoms with van der Waals surface area (Å²) in [6.07, 6.45) is 1.83. The van der Waals surface area contributed by atoms with Crippen LogP contribution in [0.1, 0.15) is 30.4 Å². The van der Waals surface area contributed by atoms with Gasteiger partial charge < -0.3 is 14.2 Å². The third kappa shape index (κ3) is 4.47. The van der Waals surface area contributed by atoms with E-state index in [0.29, 0.717) is 23.5 Å². The van der Waals surface area contributed by atoms with Crippen LogP contribution < -0.4 is 9.47 Å². The van der Waals surface area contributed by atoms with Crippen LogP contribution in [0.3, 0.4) is 0 Å². The molecule has 0 N–H and O–H groups in total. The molecule has 0 fully saturated rings. The molecule has 0 bridgehead atoms. The molecule has 0 spiro atoms. The molecule has 1 aliphatic carbocycles. The molecule has 2 aromatic carbocycles. The van der Waals surface area contributed by atoms with E-state index in [1.165, 1.54) is 18.2 Å². The van der Waals surface area contributed by atoms with Crippen LogP contribution in [0.2, 0.25) is 0 Å². The highest BCUT2D eigenvalue weighted by Gasteiger charge is 2.40. The number of ether oxygens (including phenoxy) is 3. The lowest BCUT2D eigenvalue weighted by Crippen LogP contribution is -2.34. The molecular formula is C23H23FO5. The van der Waals surface area contributed by atoms with Crippen molar-refractivity contribution in [1.29, 1.82) is 0 Å². The van der Waals surface area contributed by atoms with Crippen LogP contribution in [0.4, 0.5) is 4.39 Å². The van der Waals surface area contributed by atoms with Crippen LogP contribution in [0.5, 0.6) is 11.5 Å². The van der Waals surface area contributed by atoms with E-state index >= 15 is 0 Å². The summed E-state index contributed by atoms with van der Waals surface area (Å²) < 4.78 is 29.6. The van der Waals surface area contributed by atoms with E-state index in [-0.39, 0.29) is 12.4 Å². The van der Waals surface area contributed by atoms with Gasteiger partial charge in [0.05, 0.1) is 20.8 Å². The molecular weight excluding hydrogens is 375 g/mol. The van der Waals surface area contributed by atoms with Crippen molar-refractivity contribution < 1.29 is 28.2 Å². The van der Waals surface area contributed by atoms with Gasteiger partial charge in [-0.1, -0.05) is 12.1 Å². The molecule has 152 valence electrons. The van der Waals surface area contributed by atoms with Gasteiger partial charge in [-0.05, 0) is 60.4 Å². The fourth-order valence-electron chi connectivity index (χ4n) is 3.63. The zero-order valence-corrected chi connectivity index (χ0v) is 16.6. The van der Waals surface area contributed by atoms with Gasteiger partial charge in [0.2, 0.25) is 0 Å². The Bertz CT molecular complexity index is 928. The van der Waals surface area contributed by atoms with Gasteiger partial charge in [0.1, 0.15) is 23.2 Å². The number of hydrogen-bond acceptors (Lipinski definition) is 5. The summed E-state index contributed by atoms with van der Waals surface area (Å²) in [5.41, 5.74) is 2.05. The summed E-state index contributed by atoms with van der Waals surface area (Å²) in [7, 11) is 3.09. The minimum Gasteiger partial charge on any atom is -0.497 e. The number of allylic oxidation sites excluding steroid dienone is 2. The maximum Gasteiger partial charge on any atom is 0.317 e. The molecule has 0 aromatic heterocycles. The number of esters is 1. The van der Waals surface area contributed by atoms with Crippen LogP contribution >= 0.6 is 0 Å². The fraction of sp³-hybridized carbons (Fsp3) is 0.304. The second-order valence-corrected chi connectivity index (χ2v) is 6.77. The van der Waals surface area contributed by atoms with E-state index in [1.54, 1.807) is 51.5 Å². The number of methoxy groups -OCH3 is 2. The number of carbonyl (C=O) groups is 2. The largest absolute Gasteiger partial charge is 0.497 e. The number of rotatable bonds is 6. The first-order chi connectivity index (χ1) is 14.0. The van der Waals surface area contributed by atoms with Gasteiger partial charge in [0, 0.05) is 12.0 Å². The Hall–Kier alpha value is -3.15. The van der Waals surface area contributed by atoms with Gasteiger partial charge in [-0.25, -0.2) is 4.39 Å². The Morgan fingerprint density at radius 2 is 1.79 bits per heavy atom. The molecule has 0 radical (unpaired) electrons. The van der Waals surface area contributed by atoms with Crippen molar-refractivity contribution >= 4 is 17.3 Å². The highest BCUT2D eigenvalue weighted by molar-refractivity contribution is 6.10. The monoisotopic (exact) mass is 398 g/mol. The zero-order chi connectivity index (χ0) is 21.0. The lowest BCUT2D eigenvalue weighted by molar-refractivity contribution is -0.151. The van der Waals surface area contributed by atoms with E-state index < -0.39 is 23.6 Å². The second-order valence-electron chi connectivity index (χ2n) is 6.77. The summed E-state index contributed by atoms with van der Waals surface area (Å²) in [5, 5.41) is 0. The predicted octanol–water partition coefficient (Wildman–Crippen LogP) is 4.16. The van der Waals surface area contributed by atoms with Crippen molar-refractivity contribution in [2.75, 3.05) is 20.8 Å². The molecule has 0 amide bonds. The molecule has 1 aliphatic rings. The zero-order valence-electron chi connectivity index (χ0n) is 16.6. The van der Waals surface area contributed by atoms with E-state index in [0.717, 1.165) is 11.1 Å². The Balaban J connectivity index is 2.07. The normalized spacial score (nSPS) is 18.8. The number of benzene rings is 2. The molecule has 0 saturated heterocycles. The van der Waals surface area contributed by atoms with Crippen LogP contribution in [0, 0.1) is 11.7 Å². The predicted molar refractivity (Wildman–Crippen MR) is 106 cm³/mol. The van der Waals surface area contributed by atoms with Gasteiger partial charge in [-0.2, -0.15) is 0 Å². The van der Waals surface area contributed by atoms with Crippen molar-refractivity contribution in [3.8, 4) is 11.5 Å². The molecule has 6 heteroatoms. The van der Waals surface area contributed by atoms with Crippen LogP contribution in [0.25, 0.3) is 5.57 Å². The molecule has 29 heavy (non-hydrogen) atoms. The van der Waals surface area contributed by atoms with Crippen molar-refractivity contribution in [3.63, 3.8) is 0 Å². The highest BCUT2D eigenvalue weighted by Crippen LogP contribution is 2.41. The standard InChI is InChI=1S/C23H23FO5/c1-4-29-23(26)22-20(14-6-5-7-17(24)8-14)11-16(12-21(22)25)15-9-18(27-2)13-19(10-15)28-3/h5-10,12-13,20,22H,4,11H2,1-3H3/t20-,22+/m0/s1. The third-order valence-electron chi connectivity index (χ3n) is 5.00. The average Bonchev–Trinajstić information content (AvgIpc) is 2.72. The molecule has 5 nitrogen and oxygen atoms in total. The molecule has 0 saturated carbocycles. The molecule has 0 aliphatic heterocycles. The lowest BCUT2D eigenvalue weighted by Gasteiger charge is -2.29. The molecule has 0 unspecified atom stereocenters. The summed E-state index contributed by atoms with van der Waals surface area (Å²) in [6.45, 7) is 1.86. The Labute approximate surface area is 169 Å². The van der Waals surface area contributed by atoms with Gasteiger partial charge in [0.15, 0.2) is 5.78 Å². The molecule has 2 atom stereocenters. The maximum atomic E-state index is 13.9. The Morgan fingerprint density at radius 3 is 2.38 bits per heavy atom. The van der Waals surface area contributed by atoms with Gasteiger partial charge in [0.25, 0.3) is 0 Å². The topological polar surface area (TPSA) is 61.8 Å². The minimum absolute atomic E-state index is 0.169. The van der Waals surface area contributed by atoms with Gasteiger partial charge >= 0.3 is 5.97 Å². The maximum absolute atomic E-state index is 13.9. The van der Waals surface area contributed by atoms with E-state index in [1.807, 2.05) is 0 Å². The molecule has 2 aromatic rings. The number of hydrogen-bond donors (Lipinski definition) is 0. The van der Waals surface area contributed by atoms with Crippen molar-refractivity contribution in [3.05, 3.63) is 65.5 Å². The average molecular weight is 398 g/mol. The van der Waals surface area contributed by atoms with Gasteiger partial charge in [-0.3, -0.25) is 9.59 Å². The van der Waals surface area contributed by atoms with Crippen LogP contribution in [-0.2, 0) is 14.3 Å². The van der Waals surface area contributed by atoms with Crippen molar-refractivity contribution in [2.45, 2.75) is 19.3 Å². The summed E-state index contributed by atoms with van der Waals surface area (Å²) >= 11 is 0. The number of carbonyl (C=O) groups excluding carboxylic acids is 2. The Morgan fingerprint density at radius 1 is 1.10 bits per heavy atom. The SMILES string of the molecule is CCOC(=O)[C@H]1C(=O)C=C(c2cc(OC)cc(OC)c2)C[C@H]1c1cccc(F)c1. The van der Waals surface area contributed by atoms with E-state index in [2.05, 4.69) is 0 Å². The first-order valence-corrected chi connectivity index (χ1v) is 9.36. The first kappa shape index (κ1) is 20.6. The molecule has 0 heterocycles. The third-order valence-corrected chi connectivity index (χ3v) is 5.00. The van der Waals surface area contributed by atoms with Gasteiger partial charge in [-0.15, -0.1) is 0 Å². The lowest BCUT2D eigenvalue weighted by atomic mass is 9.73. The van der Waals surface area contributed by atoms with Crippen molar-refractivity contribution in [1.82, 2.24) is 0 Å². The molecule has 3 rings (SSSR count). The van der Waals surface area contributed by atoms with E-state index in [4.69, 9.17) is 14.2 Å². The Kier molecular flexibility index (Phi) is 6.32. The summed E-state index contributed by atoms with van der Waals surface area (Å²) in [6, 6.07) is 11.3. The van der Waals surface area contributed by atoms with Crippen LogP contribution in [0.15, 0.2) is 48.5 Å². The quantitative estimate of drug-likeness (QED) is 0.540. The number of ketones is 1. The van der Waals surface area contributed by atoms with E-state index in [9.17, 15) is 14.0 Å². The minimum atomic E-state index is -1.01. The highest BCUT2D eigenvalue weighted by atomic mass is 19.1. The fourth-order valence-corrected chi connectivity index (χ4v) is 3.63. The smallest absolute Gasteiger partial charge is 0.317 e. The van der Waals surface area contributed by atoms with Crippen LogP contribution in [-0.4, -0.2) is 32.6 Å². The number of halogens is 1. The summed E-state index contributed by atoms with van der Waals surface area (Å²) in [5.74, 6) is -1.74. The second kappa shape index (κ2) is 8.90. The summed E-state index contributed by atoms with van der Waals surface area (Å²) in [4.78, 5) is 25.5. The first-order valence-electron chi connectivity index (χ1n) is 9.36.